The zero-order chi connectivity index (χ0) is 12.7. The Morgan fingerprint density at radius 3 is 2.78 bits per heavy atom. The average Bonchev–Trinajstić information content (AvgIpc) is 2.80. The number of benzene rings is 2. The van der Waals surface area contributed by atoms with Crippen molar-refractivity contribution in [2.45, 2.75) is 12.6 Å². The minimum absolute atomic E-state index is 0.119. The first kappa shape index (κ1) is 12.2. The maximum Gasteiger partial charge on any atom is 0.148 e. The van der Waals surface area contributed by atoms with E-state index in [1.807, 2.05) is 18.2 Å². The van der Waals surface area contributed by atoms with Crippen molar-refractivity contribution in [3.8, 4) is 0 Å². The first-order valence-corrected chi connectivity index (χ1v) is 6.80. The lowest BCUT2D eigenvalue weighted by Crippen LogP contribution is -2.15. The van der Waals surface area contributed by atoms with Crippen molar-refractivity contribution in [1.82, 2.24) is 5.32 Å². The maximum atomic E-state index is 14.2. The van der Waals surface area contributed by atoms with Gasteiger partial charge >= 0.3 is 0 Å². The Balaban J connectivity index is 2.11. The Morgan fingerprint density at radius 2 is 1.94 bits per heavy atom. The zero-order valence-electron chi connectivity index (χ0n) is 9.38. The van der Waals surface area contributed by atoms with Crippen LogP contribution in [0, 0.1) is 5.82 Å². The van der Waals surface area contributed by atoms with Crippen molar-refractivity contribution in [3.05, 3.63) is 68.4 Å². The number of rotatable bonds is 1. The monoisotopic (exact) mass is 325 g/mol. The van der Waals surface area contributed by atoms with Crippen LogP contribution in [0.3, 0.4) is 0 Å². The molecular formula is C14H10BrClFN. The van der Waals surface area contributed by atoms with Crippen LogP contribution in [0.5, 0.6) is 0 Å². The summed E-state index contributed by atoms with van der Waals surface area (Å²) in [5.41, 5.74) is 2.92. The molecule has 4 heteroatoms. The Morgan fingerprint density at radius 1 is 1.17 bits per heavy atom. The molecule has 0 bridgehead atoms. The summed E-state index contributed by atoms with van der Waals surface area (Å²) < 4.78 is 14.8. The van der Waals surface area contributed by atoms with Crippen molar-refractivity contribution in [2.75, 3.05) is 0 Å². The number of hydrogen-bond acceptors (Lipinski definition) is 1. The summed E-state index contributed by atoms with van der Waals surface area (Å²) in [4.78, 5) is 0. The molecule has 2 aromatic carbocycles. The van der Waals surface area contributed by atoms with Crippen LogP contribution in [-0.2, 0) is 6.54 Å². The van der Waals surface area contributed by atoms with Crippen LogP contribution < -0.4 is 5.32 Å². The highest BCUT2D eigenvalue weighted by atomic mass is 79.9. The normalized spacial score (nSPS) is 17.8. The summed E-state index contributed by atoms with van der Waals surface area (Å²) in [6.45, 7) is 0.758. The van der Waals surface area contributed by atoms with E-state index in [4.69, 9.17) is 11.6 Å². The Labute approximate surface area is 118 Å². The van der Waals surface area contributed by atoms with Gasteiger partial charge in [0.25, 0.3) is 0 Å². The lowest BCUT2D eigenvalue weighted by Gasteiger charge is -2.15. The largest absolute Gasteiger partial charge is 0.302 e. The highest BCUT2D eigenvalue weighted by Crippen LogP contribution is 2.36. The fraction of sp³-hybridized carbons (Fsp3) is 0.143. The molecule has 1 nitrogen and oxygen atoms in total. The van der Waals surface area contributed by atoms with E-state index < -0.39 is 0 Å². The average molecular weight is 327 g/mol. The Kier molecular flexibility index (Phi) is 3.14. The van der Waals surface area contributed by atoms with E-state index in [9.17, 15) is 4.39 Å². The molecule has 92 valence electrons. The summed E-state index contributed by atoms with van der Waals surface area (Å²) >= 11 is 9.17. The second kappa shape index (κ2) is 4.65. The molecule has 0 amide bonds. The van der Waals surface area contributed by atoms with Crippen LogP contribution in [0.4, 0.5) is 4.39 Å². The summed E-state index contributed by atoms with van der Waals surface area (Å²) in [7, 11) is 0. The van der Waals surface area contributed by atoms with Gasteiger partial charge in [0, 0.05) is 16.6 Å². The molecular weight excluding hydrogens is 317 g/mol. The van der Waals surface area contributed by atoms with Gasteiger partial charge in [-0.15, -0.1) is 0 Å². The highest BCUT2D eigenvalue weighted by Gasteiger charge is 2.26. The van der Waals surface area contributed by atoms with Crippen LogP contribution in [0.25, 0.3) is 0 Å². The van der Waals surface area contributed by atoms with E-state index in [2.05, 4.69) is 27.3 Å². The third kappa shape index (κ3) is 1.87. The fourth-order valence-corrected chi connectivity index (χ4v) is 2.82. The van der Waals surface area contributed by atoms with E-state index in [0.717, 1.165) is 12.1 Å². The molecule has 2 aromatic rings. The molecule has 0 aliphatic carbocycles. The van der Waals surface area contributed by atoms with E-state index in [-0.39, 0.29) is 16.9 Å². The van der Waals surface area contributed by atoms with Crippen molar-refractivity contribution in [3.63, 3.8) is 0 Å². The van der Waals surface area contributed by atoms with Gasteiger partial charge in [-0.25, -0.2) is 4.39 Å². The van der Waals surface area contributed by atoms with Crippen LogP contribution >= 0.6 is 27.5 Å². The Hall–Kier alpha value is -0.900. The van der Waals surface area contributed by atoms with Gasteiger partial charge in [-0.3, -0.25) is 0 Å². The van der Waals surface area contributed by atoms with Gasteiger partial charge in [-0.2, -0.15) is 0 Å². The molecule has 1 N–H and O–H groups in total. The summed E-state index contributed by atoms with van der Waals surface area (Å²) in [6.07, 6.45) is 0. The molecule has 0 radical (unpaired) electrons. The minimum Gasteiger partial charge on any atom is -0.302 e. The van der Waals surface area contributed by atoms with Crippen molar-refractivity contribution < 1.29 is 4.39 Å². The fourth-order valence-electron chi connectivity index (χ4n) is 2.34. The molecule has 1 heterocycles. The molecule has 1 aliphatic heterocycles. The first-order chi connectivity index (χ1) is 8.68. The van der Waals surface area contributed by atoms with Crippen LogP contribution in [0.1, 0.15) is 22.7 Å². The molecule has 18 heavy (non-hydrogen) atoms. The molecule has 0 fully saturated rings. The van der Waals surface area contributed by atoms with E-state index in [1.54, 1.807) is 12.1 Å². The Bertz CT molecular complexity index is 615. The molecule has 1 atom stereocenters. The molecule has 0 saturated heterocycles. The van der Waals surface area contributed by atoms with Gasteiger partial charge in [0.2, 0.25) is 0 Å². The van der Waals surface area contributed by atoms with E-state index in [1.165, 1.54) is 5.56 Å². The van der Waals surface area contributed by atoms with Crippen molar-refractivity contribution in [2.24, 2.45) is 0 Å². The summed E-state index contributed by atoms with van der Waals surface area (Å²) in [6, 6.07) is 11.5. The minimum atomic E-state index is -0.361. The molecule has 1 aliphatic rings. The second-order valence-corrected chi connectivity index (χ2v) is 5.51. The van der Waals surface area contributed by atoms with Gasteiger partial charge in [-0.1, -0.05) is 41.9 Å². The predicted octanol–water partition coefficient (Wildman–Crippen LogP) is 4.43. The number of halogens is 3. The third-order valence-corrected chi connectivity index (χ3v) is 4.50. The third-order valence-electron chi connectivity index (χ3n) is 3.24. The lowest BCUT2D eigenvalue weighted by molar-refractivity contribution is 0.572. The number of fused-ring (bicyclic) bond motifs is 1. The molecule has 0 saturated carbocycles. The van der Waals surface area contributed by atoms with Gasteiger partial charge in [-0.05, 0) is 33.1 Å². The number of hydrogen-bond donors (Lipinski definition) is 1. The van der Waals surface area contributed by atoms with Crippen molar-refractivity contribution >= 4 is 27.5 Å². The SMILES string of the molecule is Fc1c(C2NCc3ccccc32)ccc(Br)c1Cl. The topological polar surface area (TPSA) is 12.0 Å². The molecule has 3 rings (SSSR count). The van der Waals surface area contributed by atoms with Crippen LogP contribution in [0.15, 0.2) is 40.9 Å². The van der Waals surface area contributed by atoms with E-state index in [0.29, 0.717) is 10.0 Å². The summed E-state index contributed by atoms with van der Waals surface area (Å²) in [5.74, 6) is -0.361. The van der Waals surface area contributed by atoms with Gasteiger partial charge < -0.3 is 5.32 Å². The quantitative estimate of drug-likeness (QED) is 0.764. The molecule has 0 spiro atoms. The van der Waals surface area contributed by atoms with Crippen LogP contribution in [0.2, 0.25) is 5.02 Å². The van der Waals surface area contributed by atoms with Gasteiger partial charge in [0.1, 0.15) is 5.82 Å². The highest BCUT2D eigenvalue weighted by molar-refractivity contribution is 9.10. The van der Waals surface area contributed by atoms with Gasteiger partial charge in [0.15, 0.2) is 0 Å². The van der Waals surface area contributed by atoms with Crippen molar-refractivity contribution in [1.29, 1.82) is 0 Å². The maximum absolute atomic E-state index is 14.2. The molecule has 1 unspecified atom stereocenters. The number of nitrogens with one attached hydrogen (secondary N) is 1. The molecule has 0 aromatic heterocycles. The first-order valence-electron chi connectivity index (χ1n) is 5.63. The lowest BCUT2D eigenvalue weighted by atomic mass is 9.98. The van der Waals surface area contributed by atoms with E-state index >= 15 is 0 Å². The predicted molar refractivity (Wildman–Crippen MR) is 74.2 cm³/mol. The second-order valence-electron chi connectivity index (χ2n) is 4.28. The zero-order valence-corrected chi connectivity index (χ0v) is 11.7. The van der Waals surface area contributed by atoms with Gasteiger partial charge in [0.05, 0.1) is 11.1 Å². The van der Waals surface area contributed by atoms with Crippen LogP contribution in [-0.4, -0.2) is 0 Å². The smallest absolute Gasteiger partial charge is 0.148 e. The summed E-state index contributed by atoms with van der Waals surface area (Å²) in [5, 5.41) is 3.45. The standard InChI is InChI=1S/C14H10BrClFN/c15-11-6-5-10(13(17)12(11)16)14-9-4-2-1-3-8(9)7-18-14/h1-6,14,18H,7H2.